The molecule has 0 aliphatic heterocycles. The van der Waals surface area contributed by atoms with E-state index in [0.29, 0.717) is 17.8 Å². The fraction of sp³-hybridized carbons (Fsp3) is 0.231. The SMILES string of the molecule is CC(C)(C)CC(=O)Nc1ccc(SC(C(=O)Nc2ccc(S(N)(=O)=O)cc2)c2ccccc2)cc1. The Morgan fingerprint density at radius 3 is 1.94 bits per heavy atom. The molecule has 0 spiro atoms. The van der Waals surface area contributed by atoms with Gasteiger partial charge in [0, 0.05) is 22.7 Å². The standard InChI is InChI=1S/C26H29N3O4S2/c1-26(2,3)17-23(30)28-19-9-13-21(14-10-19)34-24(18-7-5-4-6-8-18)25(31)29-20-11-15-22(16-12-20)35(27,32)33/h4-16,24H,17H2,1-3H3,(H,28,30)(H,29,31)(H2,27,32,33). The van der Waals surface area contributed by atoms with Crippen molar-refractivity contribution in [3.05, 3.63) is 84.4 Å². The minimum Gasteiger partial charge on any atom is -0.326 e. The van der Waals surface area contributed by atoms with E-state index in [0.717, 1.165) is 10.5 Å². The lowest BCUT2D eigenvalue weighted by Crippen LogP contribution is -2.19. The maximum atomic E-state index is 13.2. The largest absolute Gasteiger partial charge is 0.326 e. The van der Waals surface area contributed by atoms with Gasteiger partial charge in [-0.05, 0) is 59.5 Å². The number of carbonyl (C=O) groups is 2. The zero-order valence-corrected chi connectivity index (χ0v) is 21.4. The predicted octanol–water partition coefficient (Wildman–Crippen LogP) is 5.18. The highest BCUT2D eigenvalue weighted by Gasteiger charge is 2.23. The first-order valence-corrected chi connectivity index (χ1v) is 13.4. The number of anilines is 2. The van der Waals surface area contributed by atoms with Crippen LogP contribution in [0.5, 0.6) is 0 Å². The van der Waals surface area contributed by atoms with Gasteiger partial charge in [-0.3, -0.25) is 9.59 Å². The lowest BCUT2D eigenvalue weighted by atomic mass is 9.92. The molecule has 35 heavy (non-hydrogen) atoms. The van der Waals surface area contributed by atoms with Crippen LogP contribution in [0.2, 0.25) is 0 Å². The lowest BCUT2D eigenvalue weighted by Gasteiger charge is -2.18. The van der Waals surface area contributed by atoms with Gasteiger partial charge in [0.15, 0.2) is 0 Å². The van der Waals surface area contributed by atoms with Crippen LogP contribution in [0.3, 0.4) is 0 Å². The van der Waals surface area contributed by atoms with Crippen LogP contribution in [0.15, 0.2) is 88.7 Å². The Kier molecular flexibility index (Phi) is 8.37. The van der Waals surface area contributed by atoms with Gasteiger partial charge in [-0.2, -0.15) is 0 Å². The summed E-state index contributed by atoms with van der Waals surface area (Å²) in [5.74, 6) is -0.306. The molecule has 0 aliphatic carbocycles. The number of benzene rings is 3. The van der Waals surface area contributed by atoms with E-state index < -0.39 is 15.3 Å². The number of nitrogens with one attached hydrogen (secondary N) is 2. The number of amides is 2. The number of primary sulfonamides is 1. The van der Waals surface area contributed by atoms with Gasteiger partial charge in [-0.15, -0.1) is 11.8 Å². The van der Waals surface area contributed by atoms with Crippen molar-refractivity contribution < 1.29 is 18.0 Å². The first-order valence-electron chi connectivity index (χ1n) is 11.0. The Morgan fingerprint density at radius 2 is 1.40 bits per heavy atom. The van der Waals surface area contributed by atoms with Crippen molar-refractivity contribution in [3.8, 4) is 0 Å². The van der Waals surface area contributed by atoms with Gasteiger partial charge in [0.1, 0.15) is 5.25 Å². The van der Waals surface area contributed by atoms with E-state index in [2.05, 4.69) is 10.6 Å². The summed E-state index contributed by atoms with van der Waals surface area (Å²) in [6, 6.07) is 22.4. The molecule has 184 valence electrons. The molecule has 1 unspecified atom stereocenters. The second-order valence-corrected chi connectivity index (χ2v) is 12.0. The summed E-state index contributed by atoms with van der Waals surface area (Å²) >= 11 is 1.37. The molecule has 0 heterocycles. The molecule has 3 rings (SSSR count). The van der Waals surface area contributed by atoms with Crippen LogP contribution in [-0.4, -0.2) is 20.2 Å². The van der Waals surface area contributed by atoms with Crippen molar-refractivity contribution in [1.82, 2.24) is 0 Å². The van der Waals surface area contributed by atoms with E-state index >= 15 is 0 Å². The Labute approximate surface area is 210 Å². The Bertz CT molecular complexity index is 1270. The topological polar surface area (TPSA) is 118 Å². The zero-order chi connectivity index (χ0) is 25.6. The van der Waals surface area contributed by atoms with Crippen molar-refractivity contribution in [2.45, 2.75) is 42.2 Å². The molecule has 9 heteroatoms. The number of thioether (sulfide) groups is 1. The predicted molar refractivity (Wildman–Crippen MR) is 141 cm³/mol. The summed E-state index contributed by atoms with van der Waals surface area (Å²) in [5.41, 5.74) is 1.87. The minimum absolute atomic E-state index is 0.0286. The molecule has 0 radical (unpaired) electrons. The second-order valence-electron chi connectivity index (χ2n) is 9.28. The van der Waals surface area contributed by atoms with Crippen LogP contribution in [-0.2, 0) is 19.6 Å². The van der Waals surface area contributed by atoms with Crippen molar-refractivity contribution in [3.63, 3.8) is 0 Å². The maximum Gasteiger partial charge on any atom is 0.242 e. The molecule has 3 aromatic rings. The van der Waals surface area contributed by atoms with E-state index in [1.165, 1.54) is 36.0 Å². The molecule has 0 saturated carbocycles. The van der Waals surface area contributed by atoms with E-state index in [1.807, 2.05) is 75.4 Å². The third-order valence-electron chi connectivity index (χ3n) is 4.87. The van der Waals surface area contributed by atoms with Crippen LogP contribution >= 0.6 is 11.8 Å². The number of nitrogens with two attached hydrogens (primary N) is 1. The first kappa shape index (κ1) is 26.5. The molecule has 2 amide bonds. The molecule has 0 fully saturated rings. The van der Waals surface area contributed by atoms with Gasteiger partial charge >= 0.3 is 0 Å². The maximum absolute atomic E-state index is 13.2. The molecule has 0 aromatic heterocycles. The van der Waals surface area contributed by atoms with Gasteiger partial charge in [0.05, 0.1) is 4.90 Å². The molecule has 0 bridgehead atoms. The number of sulfonamides is 1. The van der Waals surface area contributed by atoms with Gasteiger partial charge in [0.25, 0.3) is 0 Å². The number of hydrogen-bond acceptors (Lipinski definition) is 5. The van der Waals surface area contributed by atoms with E-state index in [4.69, 9.17) is 5.14 Å². The highest BCUT2D eigenvalue weighted by molar-refractivity contribution is 8.00. The Hall–Kier alpha value is -3.14. The monoisotopic (exact) mass is 511 g/mol. The summed E-state index contributed by atoms with van der Waals surface area (Å²) in [6.45, 7) is 6.03. The number of carbonyl (C=O) groups excluding carboxylic acids is 2. The second kappa shape index (κ2) is 11.1. The average molecular weight is 512 g/mol. The number of hydrogen-bond donors (Lipinski definition) is 3. The number of rotatable bonds is 8. The molecule has 7 nitrogen and oxygen atoms in total. The smallest absolute Gasteiger partial charge is 0.242 e. The molecule has 0 aliphatic rings. The summed E-state index contributed by atoms with van der Waals surface area (Å²) in [4.78, 5) is 26.2. The van der Waals surface area contributed by atoms with E-state index in [-0.39, 0.29) is 22.1 Å². The molecule has 4 N–H and O–H groups in total. The molecular formula is C26H29N3O4S2. The van der Waals surface area contributed by atoms with Crippen molar-refractivity contribution in [1.29, 1.82) is 0 Å². The summed E-state index contributed by atoms with van der Waals surface area (Å²) in [5, 5.41) is 10.3. The van der Waals surface area contributed by atoms with Gasteiger partial charge < -0.3 is 10.6 Å². The van der Waals surface area contributed by atoms with Crippen molar-refractivity contribution >= 4 is 45.0 Å². The zero-order valence-electron chi connectivity index (χ0n) is 19.8. The minimum atomic E-state index is -3.81. The first-order chi connectivity index (χ1) is 16.4. The Morgan fingerprint density at radius 1 is 0.857 bits per heavy atom. The van der Waals surface area contributed by atoms with E-state index in [9.17, 15) is 18.0 Å². The lowest BCUT2D eigenvalue weighted by molar-refractivity contribution is -0.118. The third-order valence-corrected chi connectivity index (χ3v) is 7.07. The third kappa shape index (κ3) is 8.24. The molecule has 3 aromatic carbocycles. The molecule has 1 atom stereocenters. The van der Waals surface area contributed by atoms with Crippen LogP contribution in [0, 0.1) is 5.41 Å². The fourth-order valence-electron chi connectivity index (χ4n) is 3.28. The van der Waals surface area contributed by atoms with Gasteiger partial charge in [-0.1, -0.05) is 51.1 Å². The van der Waals surface area contributed by atoms with Crippen LogP contribution in [0.4, 0.5) is 11.4 Å². The van der Waals surface area contributed by atoms with Crippen LogP contribution in [0.1, 0.15) is 38.0 Å². The molecule has 0 saturated heterocycles. The summed E-state index contributed by atoms with van der Waals surface area (Å²) in [6.07, 6.45) is 0.415. The fourth-order valence-corrected chi connectivity index (χ4v) is 4.82. The Balaban J connectivity index is 1.74. The molecular weight excluding hydrogens is 482 g/mol. The van der Waals surface area contributed by atoms with Crippen molar-refractivity contribution in [2.75, 3.05) is 10.6 Å². The highest BCUT2D eigenvalue weighted by Crippen LogP contribution is 2.37. The summed E-state index contributed by atoms with van der Waals surface area (Å²) in [7, 11) is -3.81. The van der Waals surface area contributed by atoms with E-state index in [1.54, 1.807) is 0 Å². The average Bonchev–Trinajstić information content (AvgIpc) is 2.77. The highest BCUT2D eigenvalue weighted by atomic mass is 32.2. The van der Waals surface area contributed by atoms with Crippen molar-refractivity contribution in [2.24, 2.45) is 10.6 Å². The normalized spacial score (nSPS) is 12.6. The summed E-state index contributed by atoms with van der Waals surface area (Å²) < 4.78 is 22.9. The van der Waals surface area contributed by atoms with Gasteiger partial charge in [0.2, 0.25) is 21.8 Å². The van der Waals surface area contributed by atoms with Crippen LogP contribution < -0.4 is 15.8 Å². The van der Waals surface area contributed by atoms with Crippen LogP contribution in [0.25, 0.3) is 0 Å². The van der Waals surface area contributed by atoms with Gasteiger partial charge in [-0.25, -0.2) is 13.6 Å². The quantitative estimate of drug-likeness (QED) is 0.360.